The lowest BCUT2D eigenvalue weighted by Gasteiger charge is -2.15. The van der Waals surface area contributed by atoms with E-state index in [4.69, 9.17) is 0 Å². The lowest BCUT2D eigenvalue weighted by Crippen LogP contribution is -2.41. The van der Waals surface area contributed by atoms with Gasteiger partial charge < -0.3 is 20.7 Å². The SMILES string of the molecule is CC(=O)Nc1ccc(CC2Nc3c(n(CCCC=O)c(=O)n(Cc4ccccc4F)c3=O)N2)cc1. The van der Waals surface area contributed by atoms with Crippen molar-refractivity contribution >= 4 is 29.4 Å². The van der Waals surface area contributed by atoms with Gasteiger partial charge in [-0.25, -0.2) is 9.18 Å². The summed E-state index contributed by atoms with van der Waals surface area (Å²) < 4.78 is 16.7. The van der Waals surface area contributed by atoms with E-state index in [9.17, 15) is 23.6 Å². The topological polar surface area (TPSA) is 114 Å². The molecule has 4 rings (SSSR count). The van der Waals surface area contributed by atoms with Crippen molar-refractivity contribution in [3.05, 3.63) is 86.3 Å². The Kier molecular flexibility index (Phi) is 7.09. The fourth-order valence-corrected chi connectivity index (χ4v) is 4.10. The second-order valence-corrected chi connectivity index (χ2v) is 8.37. The van der Waals surface area contributed by atoms with Crippen LogP contribution in [-0.2, 0) is 29.1 Å². The van der Waals surface area contributed by atoms with Crippen molar-refractivity contribution in [2.24, 2.45) is 0 Å². The van der Waals surface area contributed by atoms with Crippen LogP contribution in [0.25, 0.3) is 0 Å². The highest BCUT2D eigenvalue weighted by molar-refractivity contribution is 5.88. The van der Waals surface area contributed by atoms with Crippen molar-refractivity contribution in [3.63, 3.8) is 0 Å². The van der Waals surface area contributed by atoms with E-state index in [1.165, 1.54) is 23.6 Å². The zero-order valence-corrected chi connectivity index (χ0v) is 19.2. The van der Waals surface area contributed by atoms with Gasteiger partial charge in [-0.2, -0.15) is 0 Å². The van der Waals surface area contributed by atoms with Crippen molar-refractivity contribution in [2.45, 2.75) is 45.4 Å². The van der Waals surface area contributed by atoms with Gasteiger partial charge >= 0.3 is 5.69 Å². The third-order valence-electron chi connectivity index (χ3n) is 5.76. The first kappa shape index (κ1) is 23.9. The number of fused-ring (bicyclic) bond motifs is 1. The molecule has 0 fully saturated rings. The average molecular weight is 480 g/mol. The molecule has 1 unspecified atom stereocenters. The minimum absolute atomic E-state index is 0.161. The van der Waals surface area contributed by atoms with Crippen LogP contribution >= 0.6 is 0 Å². The third-order valence-corrected chi connectivity index (χ3v) is 5.76. The number of carbonyl (C=O) groups is 2. The second kappa shape index (κ2) is 10.4. The van der Waals surface area contributed by atoms with Gasteiger partial charge in [-0.15, -0.1) is 0 Å². The summed E-state index contributed by atoms with van der Waals surface area (Å²) in [5, 5.41) is 9.09. The van der Waals surface area contributed by atoms with Gasteiger partial charge in [0, 0.05) is 37.6 Å². The summed E-state index contributed by atoms with van der Waals surface area (Å²) in [6, 6.07) is 13.3. The molecule has 1 aliphatic rings. The second-order valence-electron chi connectivity index (χ2n) is 8.37. The van der Waals surface area contributed by atoms with Crippen LogP contribution in [0.3, 0.4) is 0 Å². The van der Waals surface area contributed by atoms with Gasteiger partial charge in [0.05, 0.1) is 6.54 Å². The van der Waals surface area contributed by atoms with Crippen molar-refractivity contribution in [1.29, 1.82) is 0 Å². The predicted molar refractivity (Wildman–Crippen MR) is 131 cm³/mol. The molecule has 2 heterocycles. The quantitative estimate of drug-likeness (QED) is 0.321. The minimum Gasteiger partial charge on any atom is -0.358 e. The van der Waals surface area contributed by atoms with E-state index < -0.39 is 17.1 Å². The summed E-state index contributed by atoms with van der Waals surface area (Å²) in [7, 11) is 0. The molecule has 9 nitrogen and oxygen atoms in total. The summed E-state index contributed by atoms with van der Waals surface area (Å²) in [6.07, 6.45) is 1.59. The smallest absolute Gasteiger partial charge is 0.332 e. The maximum Gasteiger partial charge on any atom is 0.332 e. The monoisotopic (exact) mass is 479 g/mol. The zero-order chi connectivity index (χ0) is 24.9. The fraction of sp³-hybridized carbons (Fsp3) is 0.280. The molecule has 0 saturated heterocycles. The number of carbonyl (C=O) groups excluding carboxylic acids is 2. The van der Waals surface area contributed by atoms with Gasteiger partial charge in [0.25, 0.3) is 5.56 Å². The molecule has 1 aliphatic heterocycles. The Labute approximate surface area is 200 Å². The van der Waals surface area contributed by atoms with Gasteiger partial charge in [-0.3, -0.25) is 18.7 Å². The average Bonchev–Trinajstić information content (AvgIpc) is 3.25. The number of benzene rings is 2. The van der Waals surface area contributed by atoms with Crippen LogP contribution in [0.15, 0.2) is 58.1 Å². The summed E-state index contributed by atoms with van der Waals surface area (Å²) in [6.45, 7) is 1.46. The minimum atomic E-state index is -0.572. The molecular weight excluding hydrogens is 453 g/mol. The molecule has 0 bridgehead atoms. The van der Waals surface area contributed by atoms with Crippen LogP contribution < -0.4 is 27.2 Å². The Hall–Kier alpha value is -4.21. The molecule has 0 radical (unpaired) electrons. The Morgan fingerprint density at radius 2 is 1.83 bits per heavy atom. The highest BCUT2D eigenvalue weighted by Gasteiger charge is 2.28. The molecule has 0 saturated carbocycles. The van der Waals surface area contributed by atoms with Gasteiger partial charge in [0.15, 0.2) is 0 Å². The maximum atomic E-state index is 14.3. The predicted octanol–water partition coefficient (Wildman–Crippen LogP) is 2.54. The van der Waals surface area contributed by atoms with E-state index in [0.29, 0.717) is 24.3 Å². The van der Waals surface area contributed by atoms with Gasteiger partial charge in [-0.1, -0.05) is 30.3 Å². The molecule has 2 aromatic carbocycles. The van der Waals surface area contributed by atoms with Crippen LogP contribution in [0.4, 0.5) is 21.6 Å². The number of nitrogens with one attached hydrogen (secondary N) is 3. The normalized spacial score (nSPS) is 14.1. The molecule has 0 aliphatic carbocycles. The number of hydrogen-bond acceptors (Lipinski definition) is 6. The molecule has 0 spiro atoms. The Balaban J connectivity index is 1.64. The number of halogens is 1. The van der Waals surface area contributed by atoms with Crippen molar-refractivity contribution < 1.29 is 14.0 Å². The Bertz CT molecular complexity index is 1360. The molecule has 35 heavy (non-hydrogen) atoms. The number of rotatable bonds is 9. The van der Waals surface area contributed by atoms with Crippen LogP contribution in [-0.4, -0.2) is 27.5 Å². The number of hydrogen-bond donors (Lipinski definition) is 3. The first-order chi connectivity index (χ1) is 16.9. The largest absolute Gasteiger partial charge is 0.358 e. The van der Waals surface area contributed by atoms with Crippen LogP contribution in [0, 0.1) is 5.82 Å². The molecule has 1 atom stereocenters. The van der Waals surface area contributed by atoms with Gasteiger partial charge in [0.1, 0.15) is 29.8 Å². The van der Waals surface area contributed by atoms with Gasteiger partial charge in [0.2, 0.25) is 5.91 Å². The molecule has 1 aromatic heterocycles. The van der Waals surface area contributed by atoms with Crippen molar-refractivity contribution in [2.75, 3.05) is 16.0 Å². The molecule has 3 aromatic rings. The van der Waals surface area contributed by atoms with E-state index in [2.05, 4.69) is 16.0 Å². The number of aldehydes is 1. The molecule has 10 heteroatoms. The number of unbranched alkanes of at least 4 members (excludes halogenated alkanes) is 1. The maximum absolute atomic E-state index is 14.3. The Morgan fingerprint density at radius 3 is 2.51 bits per heavy atom. The van der Waals surface area contributed by atoms with E-state index >= 15 is 0 Å². The lowest BCUT2D eigenvalue weighted by molar-refractivity contribution is -0.114. The number of nitrogens with zero attached hydrogens (tertiary/aromatic N) is 2. The van der Waals surface area contributed by atoms with E-state index in [-0.39, 0.29) is 42.8 Å². The summed E-state index contributed by atoms with van der Waals surface area (Å²) in [5.74, 6) is -0.305. The van der Waals surface area contributed by atoms with E-state index in [1.54, 1.807) is 24.3 Å². The molecule has 182 valence electrons. The van der Waals surface area contributed by atoms with E-state index in [0.717, 1.165) is 16.4 Å². The van der Waals surface area contributed by atoms with Crippen molar-refractivity contribution in [1.82, 2.24) is 9.13 Å². The molecular formula is C25H26FN5O4. The third kappa shape index (κ3) is 5.32. The highest BCUT2D eigenvalue weighted by Crippen LogP contribution is 2.26. The highest BCUT2D eigenvalue weighted by atomic mass is 19.1. The zero-order valence-electron chi connectivity index (χ0n) is 19.2. The van der Waals surface area contributed by atoms with Crippen LogP contribution in [0.5, 0.6) is 0 Å². The van der Waals surface area contributed by atoms with Crippen molar-refractivity contribution in [3.8, 4) is 0 Å². The standard InChI is InChI=1S/C25H26FN5O4/c1-16(33)27-19-10-8-17(9-11-19)14-21-28-22-23(29-21)30(12-4-5-13-32)25(35)31(24(22)34)15-18-6-2-3-7-20(18)26/h2-3,6-11,13,21,28-29H,4-5,12,14-15H2,1H3,(H,27,33). The number of anilines is 3. The molecule has 3 N–H and O–H groups in total. The first-order valence-electron chi connectivity index (χ1n) is 11.3. The molecule has 1 amide bonds. The number of amides is 1. The fourth-order valence-electron chi connectivity index (χ4n) is 4.10. The summed E-state index contributed by atoms with van der Waals surface area (Å²) in [4.78, 5) is 48.6. The summed E-state index contributed by atoms with van der Waals surface area (Å²) >= 11 is 0. The Morgan fingerprint density at radius 1 is 1.09 bits per heavy atom. The lowest BCUT2D eigenvalue weighted by atomic mass is 10.1. The van der Waals surface area contributed by atoms with E-state index in [1.807, 2.05) is 12.1 Å². The summed E-state index contributed by atoms with van der Waals surface area (Å²) in [5.41, 5.74) is 0.962. The van der Waals surface area contributed by atoms with Crippen LogP contribution in [0.2, 0.25) is 0 Å². The number of aromatic nitrogens is 2. The van der Waals surface area contributed by atoms with Gasteiger partial charge in [-0.05, 0) is 30.2 Å². The van der Waals surface area contributed by atoms with Crippen LogP contribution in [0.1, 0.15) is 30.9 Å². The first-order valence-corrected chi connectivity index (χ1v) is 11.3.